The molecule has 1 rings (SSSR count). The van der Waals surface area contributed by atoms with Crippen molar-refractivity contribution in [3.8, 4) is 0 Å². The van der Waals surface area contributed by atoms with Crippen LogP contribution in [0.25, 0.3) is 0 Å². The van der Waals surface area contributed by atoms with Crippen LogP contribution >= 0.6 is 0 Å². The number of hydrogen-bond acceptors (Lipinski definition) is 4. The van der Waals surface area contributed by atoms with E-state index in [4.69, 9.17) is 0 Å². The maximum absolute atomic E-state index is 12.3. The second-order valence-corrected chi connectivity index (χ2v) is 6.26. The average molecular weight is 321 g/mol. The van der Waals surface area contributed by atoms with Gasteiger partial charge in [0.15, 0.2) is 0 Å². The molecule has 7 nitrogen and oxygen atoms in total. The molecule has 0 spiro atoms. The Kier molecular flexibility index (Phi) is 6.68. The molecular formula is C16H23N3O4. The first kappa shape index (κ1) is 18.6. The van der Waals surface area contributed by atoms with Gasteiger partial charge in [-0.15, -0.1) is 0 Å². The van der Waals surface area contributed by atoms with E-state index in [0.717, 1.165) is 0 Å². The Balaban J connectivity index is 2.83. The average Bonchev–Trinajstić information content (AvgIpc) is 2.45. The highest BCUT2D eigenvalue weighted by molar-refractivity contribution is 6.39. The van der Waals surface area contributed by atoms with Crippen LogP contribution in [0.3, 0.4) is 0 Å². The summed E-state index contributed by atoms with van der Waals surface area (Å²) >= 11 is 0. The van der Waals surface area contributed by atoms with Crippen LogP contribution in [-0.2, 0) is 9.59 Å². The fraction of sp³-hybridized carbons (Fsp3) is 0.500. The lowest BCUT2D eigenvalue weighted by molar-refractivity contribution is -0.384. The number of nitrogens with zero attached hydrogens (tertiary/aromatic N) is 2. The van der Waals surface area contributed by atoms with E-state index in [1.807, 2.05) is 27.7 Å². The SMILES string of the molecule is CC(C)CN(CC(C)C)C(=O)C(=O)Nc1cccc([N+](=O)[O-])c1. The van der Waals surface area contributed by atoms with Crippen LogP contribution in [0.15, 0.2) is 24.3 Å². The number of nitro groups is 1. The summed E-state index contributed by atoms with van der Waals surface area (Å²) in [4.78, 5) is 36.1. The van der Waals surface area contributed by atoms with Gasteiger partial charge in [0.05, 0.1) is 4.92 Å². The summed E-state index contributed by atoms with van der Waals surface area (Å²) in [5, 5.41) is 13.2. The van der Waals surface area contributed by atoms with Gasteiger partial charge < -0.3 is 10.2 Å². The topological polar surface area (TPSA) is 92.6 Å². The predicted molar refractivity (Wildman–Crippen MR) is 88.0 cm³/mol. The second-order valence-electron chi connectivity index (χ2n) is 6.26. The van der Waals surface area contributed by atoms with E-state index in [-0.39, 0.29) is 23.2 Å². The molecule has 1 aromatic carbocycles. The van der Waals surface area contributed by atoms with Gasteiger partial charge in [0.25, 0.3) is 5.69 Å². The van der Waals surface area contributed by atoms with Crippen molar-refractivity contribution >= 4 is 23.2 Å². The van der Waals surface area contributed by atoms with E-state index in [1.54, 1.807) is 0 Å². The monoisotopic (exact) mass is 321 g/mol. The molecule has 0 atom stereocenters. The number of rotatable bonds is 6. The second kappa shape index (κ2) is 8.26. The number of hydrogen-bond donors (Lipinski definition) is 1. The molecule has 1 aromatic rings. The van der Waals surface area contributed by atoms with Crippen molar-refractivity contribution in [3.05, 3.63) is 34.4 Å². The summed E-state index contributed by atoms with van der Waals surface area (Å²) in [6, 6.07) is 5.51. The van der Waals surface area contributed by atoms with Gasteiger partial charge in [-0.05, 0) is 17.9 Å². The lowest BCUT2D eigenvalue weighted by Gasteiger charge is -2.25. The molecule has 0 saturated heterocycles. The molecule has 0 aromatic heterocycles. The van der Waals surface area contributed by atoms with E-state index < -0.39 is 16.7 Å². The minimum absolute atomic E-state index is 0.142. The van der Waals surface area contributed by atoms with E-state index in [9.17, 15) is 19.7 Å². The lowest BCUT2D eigenvalue weighted by Crippen LogP contribution is -2.43. The van der Waals surface area contributed by atoms with Crippen molar-refractivity contribution in [3.63, 3.8) is 0 Å². The van der Waals surface area contributed by atoms with E-state index in [0.29, 0.717) is 13.1 Å². The van der Waals surface area contributed by atoms with Crippen LogP contribution in [0.4, 0.5) is 11.4 Å². The zero-order valence-corrected chi connectivity index (χ0v) is 13.9. The van der Waals surface area contributed by atoms with Crippen molar-refractivity contribution in [2.75, 3.05) is 18.4 Å². The number of nitrogens with one attached hydrogen (secondary N) is 1. The first-order valence-corrected chi connectivity index (χ1v) is 7.55. The molecule has 0 unspecified atom stereocenters. The summed E-state index contributed by atoms with van der Waals surface area (Å²) in [5.74, 6) is -0.933. The number of benzene rings is 1. The summed E-state index contributed by atoms with van der Waals surface area (Å²) in [6.07, 6.45) is 0. The third-order valence-corrected chi connectivity index (χ3v) is 2.97. The Morgan fingerprint density at radius 3 is 2.22 bits per heavy atom. The maximum atomic E-state index is 12.3. The molecule has 0 heterocycles. The molecule has 7 heteroatoms. The summed E-state index contributed by atoms with van der Waals surface area (Å²) in [6.45, 7) is 8.86. The smallest absolute Gasteiger partial charge is 0.313 e. The van der Waals surface area contributed by atoms with E-state index in [2.05, 4.69) is 5.32 Å². The highest BCUT2D eigenvalue weighted by Crippen LogP contribution is 2.17. The fourth-order valence-corrected chi connectivity index (χ4v) is 2.15. The molecule has 0 fully saturated rings. The molecule has 0 radical (unpaired) electrons. The summed E-state index contributed by atoms with van der Waals surface area (Å²) < 4.78 is 0. The lowest BCUT2D eigenvalue weighted by atomic mass is 10.1. The fourth-order valence-electron chi connectivity index (χ4n) is 2.15. The predicted octanol–water partition coefficient (Wildman–Crippen LogP) is 2.67. The highest BCUT2D eigenvalue weighted by Gasteiger charge is 2.23. The van der Waals surface area contributed by atoms with Crippen molar-refractivity contribution in [2.45, 2.75) is 27.7 Å². The van der Waals surface area contributed by atoms with Crippen molar-refractivity contribution in [2.24, 2.45) is 11.8 Å². The first-order valence-electron chi connectivity index (χ1n) is 7.55. The van der Waals surface area contributed by atoms with Gasteiger partial charge >= 0.3 is 11.8 Å². The molecule has 0 aliphatic rings. The minimum atomic E-state index is -0.785. The number of carbonyl (C=O) groups excluding carboxylic acids is 2. The normalized spacial score (nSPS) is 10.7. The molecule has 1 N–H and O–H groups in total. The van der Waals surface area contributed by atoms with Gasteiger partial charge in [0, 0.05) is 30.9 Å². The molecule has 2 amide bonds. The molecular weight excluding hydrogens is 298 g/mol. The molecule has 0 aliphatic heterocycles. The van der Waals surface area contributed by atoms with Crippen LogP contribution in [-0.4, -0.2) is 34.7 Å². The van der Waals surface area contributed by atoms with Crippen molar-refractivity contribution in [1.29, 1.82) is 0 Å². The van der Waals surface area contributed by atoms with Crippen LogP contribution in [0.1, 0.15) is 27.7 Å². The summed E-state index contributed by atoms with van der Waals surface area (Å²) in [7, 11) is 0. The Hall–Kier alpha value is -2.44. The summed E-state index contributed by atoms with van der Waals surface area (Å²) in [5.41, 5.74) is 0.0862. The Morgan fingerprint density at radius 2 is 1.74 bits per heavy atom. The first-order chi connectivity index (χ1) is 10.7. The zero-order chi connectivity index (χ0) is 17.6. The van der Waals surface area contributed by atoms with Crippen LogP contribution in [0, 0.1) is 22.0 Å². The molecule has 23 heavy (non-hydrogen) atoms. The molecule has 126 valence electrons. The highest BCUT2D eigenvalue weighted by atomic mass is 16.6. The Bertz CT molecular complexity index is 574. The van der Waals surface area contributed by atoms with Crippen LogP contribution < -0.4 is 5.32 Å². The van der Waals surface area contributed by atoms with Crippen molar-refractivity contribution in [1.82, 2.24) is 4.90 Å². The van der Waals surface area contributed by atoms with Crippen molar-refractivity contribution < 1.29 is 14.5 Å². The van der Waals surface area contributed by atoms with Gasteiger partial charge in [0.1, 0.15) is 0 Å². The largest absolute Gasteiger partial charge is 0.334 e. The number of nitro benzene ring substituents is 1. The van der Waals surface area contributed by atoms with Gasteiger partial charge in [0.2, 0.25) is 0 Å². The van der Waals surface area contributed by atoms with Gasteiger partial charge in [-0.2, -0.15) is 0 Å². The third kappa shape index (κ3) is 6.06. The number of carbonyl (C=O) groups is 2. The molecule has 0 bridgehead atoms. The van der Waals surface area contributed by atoms with E-state index >= 15 is 0 Å². The molecule has 0 aliphatic carbocycles. The van der Waals surface area contributed by atoms with Gasteiger partial charge in [-0.1, -0.05) is 33.8 Å². The standard InChI is InChI=1S/C16H23N3O4/c1-11(2)9-18(10-12(3)4)16(21)15(20)17-13-6-5-7-14(8-13)19(22)23/h5-8,11-12H,9-10H2,1-4H3,(H,17,20). The zero-order valence-electron chi connectivity index (χ0n) is 13.9. The Labute approximate surface area is 135 Å². The van der Waals surface area contributed by atoms with Gasteiger partial charge in [-0.25, -0.2) is 0 Å². The Morgan fingerprint density at radius 1 is 1.17 bits per heavy atom. The number of amides is 2. The quantitative estimate of drug-likeness (QED) is 0.495. The van der Waals surface area contributed by atoms with Gasteiger partial charge in [-0.3, -0.25) is 19.7 Å². The van der Waals surface area contributed by atoms with Crippen LogP contribution in [0.2, 0.25) is 0 Å². The molecule has 0 saturated carbocycles. The number of anilines is 1. The third-order valence-electron chi connectivity index (χ3n) is 2.97. The minimum Gasteiger partial charge on any atom is -0.334 e. The van der Waals surface area contributed by atoms with Crippen LogP contribution in [0.5, 0.6) is 0 Å². The number of non-ortho nitro benzene ring substituents is 1. The maximum Gasteiger partial charge on any atom is 0.313 e. The van der Waals surface area contributed by atoms with E-state index in [1.165, 1.54) is 29.2 Å².